The lowest BCUT2D eigenvalue weighted by molar-refractivity contribution is 0.251. The average molecular weight is 193 g/mol. The van der Waals surface area contributed by atoms with Crippen LogP contribution in [0.25, 0.3) is 0 Å². The molecule has 0 saturated heterocycles. The summed E-state index contributed by atoms with van der Waals surface area (Å²) in [7, 11) is 2.13. The second-order valence-electron chi connectivity index (χ2n) is 5.01. The Bertz CT molecular complexity index is 250. The molecule has 78 valence electrons. The van der Waals surface area contributed by atoms with Crippen LogP contribution in [0.15, 0.2) is 0 Å². The third-order valence-electron chi connectivity index (χ3n) is 3.08. The summed E-state index contributed by atoms with van der Waals surface area (Å²) >= 11 is 0. The summed E-state index contributed by atoms with van der Waals surface area (Å²) in [6.07, 6.45) is 5.09. The molecule has 2 fully saturated rings. The second-order valence-corrected chi connectivity index (χ2v) is 5.01. The Morgan fingerprint density at radius 3 is 2.50 bits per heavy atom. The van der Waals surface area contributed by atoms with Crippen molar-refractivity contribution < 1.29 is 0 Å². The van der Waals surface area contributed by atoms with Gasteiger partial charge in [0, 0.05) is 18.6 Å². The molecule has 0 aliphatic heterocycles. The van der Waals surface area contributed by atoms with Gasteiger partial charge < -0.3 is 4.90 Å². The summed E-state index contributed by atoms with van der Waals surface area (Å²) in [4.78, 5) is 2.32. The zero-order valence-electron chi connectivity index (χ0n) is 9.08. The lowest BCUT2D eigenvalue weighted by atomic mass is 10.0. The highest BCUT2D eigenvalue weighted by Crippen LogP contribution is 2.28. The molecule has 3 nitrogen and oxygen atoms in total. The summed E-state index contributed by atoms with van der Waals surface area (Å²) < 4.78 is 0. The van der Waals surface area contributed by atoms with Crippen molar-refractivity contribution in [2.75, 3.05) is 13.6 Å². The Balaban J connectivity index is 1.86. The van der Waals surface area contributed by atoms with Crippen molar-refractivity contribution in [1.29, 1.82) is 5.26 Å². The van der Waals surface area contributed by atoms with Gasteiger partial charge in [0.1, 0.15) is 5.54 Å². The molecule has 0 aromatic carbocycles. The fourth-order valence-electron chi connectivity index (χ4n) is 1.93. The summed E-state index contributed by atoms with van der Waals surface area (Å²) in [5.74, 6) is 0. The number of likely N-dealkylation sites (N-methyl/N-ethyl adjacent to an activating group) is 1. The SMILES string of the molecule is CN(CC(C)(C#N)NC1CC1)C1CC1. The number of nitriles is 1. The normalized spacial score (nSPS) is 25.9. The van der Waals surface area contributed by atoms with Crippen LogP contribution in [-0.4, -0.2) is 36.1 Å². The summed E-state index contributed by atoms with van der Waals surface area (Å²) in [5, 5.41) is 12.6. The molecule has 1 atom stereocenters. The fraction of sp³-hybridized carbons (Fsp3) is 0.909. The standard InChI is InChI=1S/C11H19N3/c1-11(7-12,13-9-3-4-9)8-14(2)10-5-6-10/h9-10,13H,3-6,8H2,1-2H3. The Labute approximate surface area is 86.1 Å². The van der Waals surface area contributed by atoms with Gasteiger partial charge in [-0.2, -0.15) is 5.26 Å². The minimum Gasteiger partial charge on any atom is -0.301 e. The van der Waals surface area contributed by atoms with Gasteiger partial charge in [0.15, 0.2) is 0 Å². The average Bonchev–Trinajstić information content (AvgIpc) is 2.98. The van der Waals surface area contributed by atoms with E-state index in [2.05, 4.69) is 23.3 Å². The maximum Gasteiger partial charge on any atom is 0.116 e. The first-order valence-corrected chi connectivity index (χ1v) is 5.52. The molecule has 0 bridgehead atoms. The van der Waals surface area contributed by atoms with Gasteiger partial charge in [-0.1, -0.05) is 0 Å². The molecule has 0 aromatic rings. The first-order chi connectivity index (χ1) is 6.63. The molecular weight excluding hydrogens is 174 g/mol. The molecule has 1 unspecified atom stereocenters. The molecule has 0 spiro atoms. The van der Waals surface area contributed by atoms with E-state index in [1.165, 1.54) is 25.7 Å². The molecule has 1 N–H and O–H groups in total. The Morgan fingerprint density at radius 2 is 2.07 bits per heavy atom. The van der Waals surface area contributed by atoms with Gasteiger partial charge in [0.2, 0.25) is 0 Å². The highest BCUT2D eigenvalue weighted by atomic mass is 15.2. The number of hydrogen-bond acceptors (Lipinski definition) is 3. The van der Waals surface area contributed by atoms with Gasteiger partial charge in [0.05, 0.1) is 6.07 Å². The van der Waals surface area contributed by atoms with Crippen molar-refractivity contribution in [3.63, 3.8) is 0 Å². The molecule has 0 amide bonds. The molecular formula is C11H19N3. The van der Waals surface area contributed by atoms with E-state index >= 15 is 0 Å². The van der Waals surface area contributed by atoms with Crippen LogP contribution < -0.4 is 5.32 Å². The van der Waals surface area contributed by atoms with Crippen LogP contribution >= 0.6 is 0 Å². The predicted octanol–water partition coefficient (Wildman–Crippen LogP) is 1.11. The van der Waals surface area contributed by atoms with Crippen molar-refractivity contribution in [1.82, 2.24) is 10.2 Å². The maximum atomic E-state index is 9.17. The maximum absolute atomic E-state index is 9.17. The van der Waals surface area contributed by atoms with E-state index in [1.807, 2.05) is 6.92 Å². The van der Waals surface area contributed by atoms with Crippen LogP contribution in [0.3, 0.4) is 0 Å². The van der Waals surface area contributed by atoms with E-state index < -0.39 is 0 Å². The Morgan fingerprint density at radius 1 is 1.43 bits per heavy atom. The van der Waals surface area contributed by atoms with Crippen molar-refractivity contribution in [3.05, 3.63) is 0 Å². The van der Waals surface area contributed by atoms with E-state index in [-0.39, 0.29) is 5.54 Å². The van der Waals surface area contributed by atoms with Gasteiger partial charge in [-0.05, 0) is 39.7 Å². The first kappa shape index (κ1) is 9.95. The van der Waals surface area contributed by atoms with Crippen LogP contribution in [0, 0.1) is 11.3 Å². The molecule has 2 saturated carbocycles. The van der Waals surface area contributed by atoms with Gasteiger partial charge in [0.25, 0.3) is 0 Å². The zero-order valence-corrected chi connectivity index (χ0v) is 9.08. The van der Waals surface area contributed by atoms with Crippen molar-refractivity contribution >= 4 is 0 Å². The predicted molar refractivity (Wildman–Crippen MR) is 55.8 cm³/mol. The quantitative estimate of drug-likeness (QED) is 0.711. The topological polar surface area (TPSA) is 39.1 Å². The molecule has 2 rings (SSSR count). The fourth-order valence-corrected chi connectivity index (χ4v) is 1.93. The zero-order chi connectivity index (χ0) is 10.2. The number of nitrogens with one attached hydrogen (secondary N) is 1. The van der Waals surface area contributed by atoms with Crippen LogP contribution in [-0.2, 0) is 0 Å². The number of rotatable bonds is 5. The molecule has 3 heteroatoms. The van der Waals surface area contributed by atoms with Crippen LogP contribution in [0.2, 0.25) is 0 Å². The molecule has 2 aliphatic carbocycles. The second kappa shape index (κ2) is 3.52. The summed E-state index contributed by atoms with van der Waals surface area (Å²) in [6.45, 7) is 2.87. The Kier molecular flexibility index (Phi) is 2.50. The number of hydrogen-bond donors (Lipinski definition) is 1. The minimum atomic E-state index is -0.349. The lowest BCUT2D eigenvalue weighted by Gasteiger charge is -2.29. The third-order valence-corrected chi connectivity index (χ3v) is 3.08. The molecule has 0 heterocycles. The van der Waals surface area contributed by atoms with Crippen molar-refractivity contribution in [2.24, 2.45) is 0 Å². The van der Waals surface area contributed by atoms with Gasteiger partial charge in [-0.3, -0.25) is 5.32 Å². The Hall–Kier alpha value is -0.590. The highest BCUT2D eigenvalue weighted by molar-refractivity contribution is 5.09. The monoisotopic (exact) mass is 193 g/mol. The highest BCUT2D eigenvalue weighted by Gasteiger charge is 2.36. The van der Waals surface area contributed by atoms with Gasteiger partial charge >= 0.3 is 0 Å². The summed E-state index contributed by atoms with van der Waals surface area (Å²) in [5.41, 5.74) is -0.349. The number of nitrogens with zero attached hydrogens (tertiary/aromatic N) is 2. The smallest absolute Gasteiger partial charge is 0.116 e. The van der Waals surface area contributed by atoms with Crippen LogP contribution in [0.4, 0.5) is 0 Å². The van der Waals surface area contributed by atoms with Crippen molar-refractivity contribution in [2.45, 2.75) is 50.2 Å². The third kappa shape index (κ3) is 2.46. The van der Waals surface area contributed by atoms with E-state index in [4.69, 9.17) is 0 Å². The van der Waals surface area contributed by atoms with E-state index in [1.54, 1.807) is 0 Å². The van der Waals surface area contributed by atoms with Gasteiger partial charge in [-0.15, -0.1) is 0 Å². The van der Waals surface area contributed by atoms with E-state index in [0.29, 0.717) is 6.04 Å². The van der Waals surface area contributed by atoms with Gasteiger partial charge in [-0.25, -0.2) is 0 Å². The minimum absolute atomic E-state index is 0.349. The molecule has 0 aromatic heterocycles. The van der Waals surface area contributed by atoms with E-state index in [0.717, 1.165) is 12.6 Å². The lowest BCUT2D eigenvalue weighted by Crippen LogP contribution is -2.50. The molecule has 14 heavy (non-hydrogen) atoms. The summed E-state index contributed by atoms with van der Waals surface area (Å²) in [6, 6.07) is 3.75. The van der Waals surface area contributed by atoms with Crippen molar-refractivity contribution in [3.8, 4) is 6.07 Å². The molecule has 2 aliphatic rings. The van der Waals surface area contributed by atoms with Crippen LogP contribution in [0.5, 0.6) is 0 Å². The van der Waals surface area contributed by atoms with E-state index in [9.17, 15) is 5.26 Å². The largest absolute Gasteiger partial charge is 0.301 e. The molecule has 0 radical (unpaired) electrons. The van der Waals surface area contributed by atoms with Crippen LogP contribution in [0.1, 0.15) is 32.6 Å². The first-order valence-electron chi connectivity index (χ1n) is 5.52.